The van der Waals surface area contributed by atoms with Crippen LogP contribution in [0.2, 0.25) is 0 Å². The zero-order valence-electron chi connectivity index (χ0n) is 8.40. The summed E-state index contributed by atoms with van der Waals surface area (Å²) in [7, 11) is 1.37. The molecule has 5 nitrogen and oxygen atoms in total. The quantitative estimate of drug-likeness (QED) is 0.812. The van der Waals surface area contributed by atoms with Gasteiger partial charge in [-0.05, 0) is 12.1 Å². The van der Waals surface area contributed by atoms with Gasteiger partial charge in [0.05, 0.1) is 12.7 Å². The molecule has 0 aliphatic carbocycles. The Morgan fingerprint density at radius 3 is 2.81 bits per heavy atom. The first-order valence-corrected chi connectivity index (χ1v) is 4.41. The van der Waals surface area contributed by atoms with Crippen LogP contribution in [0.25, 0.3) is 11.3 Å². The fraction of sp³-hybridized carbons (Fsp3) is 0.100. The average Bonchev–Trinajstić information content (AvgIpc) is 2.65. The lowest BCUT2D eigenvalue weighted by Crippen LogP contribution is -1.90. The summed E-state index contributed by atoms with van der Waals surface area (Å²) in [5.41, 5.74) is 5.34. The van der Waals surface area contributed by atoms with Gasteiger partial charge >= 0.3 is 0 Å². The molecule has 0 radical (unpaired) electrons. The van der Waals surface area contributed by atoms with Gasteiger partial charge in [0.1, 0.15) is 11.5 Å². The van der Waals surface area contributed by atoms with Crippen molar-refractivity contribution < 1.29 is 18.8 Å². The van der Waals surface area contributed by atoms with Crippen molar-refractivity contribution in [1.29, 1.82) is 0 Å². The van der Waals surface area contributed by atoms with Gasteiger partial charge in [-0.2, -0.15) is 0 Å². The van der Waals surface area contributed by atoms with E-state index in [4.69, 9.17) is 10.5 Å². The number of phenolic OH excluding ortho intramolecular Hbond substituents is 1. The van der Waals surface area contributed by atoms with E-state index in [0.29, 0.717) is 0 Å². The molecular formula is C10H9FN2O3. The SMILES string of the molecule is COc1ccc(F)c(-c2cc(N)on2)c1O. The van der Waals surface area contributed by atoms with Crippen LogP contribution in [0.15, 0.2) is 22.7 Å². The third-order valence-electron chi connectivity index (χ3n) is 2.09. The summed E-state index contributed by atoms with van der Waals surface area (Å²) in [5.74, 6) is -0.781. The highest BCUT2D eigenvalue weighted by Gasteiger charge is 2.18. The molecule has 0 bridgehead atoms. The van der Waals surface area contributed by atoms with Gasteiger partial charge in [0.15, 0.2) is 11.5 Å². The molecule has 0 amide bonds. The number of hydrogen-bond donors (Lipinski definition) is 2. The zero-order valence-corrected chi connectivity index (χ0v) is 8.40. The van der Waals surface area contributed by atoms with Crippen LogP contribution in [0.1, 0.15) is 0 Å². The molecule has 1 aromatic heterocycles. The maximum atomic E-state index is 13.5. The molecule has 0 aliphatic heterocycles. The zero-order chi connectivity index (χ0) is 11.7. The van der Waals surface area contributed by atoms with Gasteiger partial charge in [-0.25, -0.2) is 4.39 Å². The second-order valence-electron chi connectivity index (χ2n) is 3.09. The first-order chi connectivity index (χ1) is 7.63. The smallest absolute Gasteiger partial charge is 0.222 e. The normalized spacial score (nSPS) is 10.4. The molecule has 6 heteroatoms. The van der Waals surface area contributed by atoms with Crippen LogP contribution in [-0.2, 0) is 0 Å². The standard InChI is InChI=1S/C10H9FN2O3/c1-15-7-3-2-5(11)9(10(7)14)6-4-8(12)16-13-6/h2-4,14H,12H2,1H3. The molecule has 2 rings (SSSR count). The number of methoxy groups -OCH3 is 1. The van der Waals surface area contributed by atoms with E-state index >= 15 is 0 Å². The highest BCUT2D eigenvalue weighted by molar-refractivity contribution is 5.72. The number of phenols is 1. The molecular weight excluding hydrogens is 215 g/mol. The summed E-state index contributed by atoms with van der Waals surface area (Å²) in [5, 5.41) is 13.3. The topological polar surface area (TPSA) is 81.5 Å². The summed E-state index contributed by atoms with van der Waals surface area (Å²) in [4.78, 5) is 0. The van der Waals surface area contributed by atoms with E-state index in [1.807, 2.05) is 0 Å². The number of anilines is 1. The lowest BCUT2D eigenvalue weighted by molar-refractivity contribution is 0.371. The first-order valence-electron chi connectivity index (χ1n) is 4.41. The highest BCUT2D eigenvalue weighted by Crippen LogP contribution is 2.38. The summed E-state index contributed by atoms with van der Waals surface area (Å²) in [6, 6.07) is 3.80. The van der Waals surface area contributed by atoms with Crippen LogP contribution in [0.3, 0.4) is 0 Å². The first kappa shape index (κ1) is 10.3. The summed E-state index contributed by atoms with van der Waals surface area (Å²) in [6.45, 7) is 0. The second kappa shape index (κ2) is 3.73. The van der Waals surface area contributed by atoms with Crippen LogP contribution in [0, 0.1) is 5.82 Å². The fourth-order valence-corrected chi connectivity index (χ4v) is 1.36. The minimum absolute atomic E-state index is 0.0385. The fourth-order valence-electron chi connectivity index (χ4n) is 1.36. The van der Waals surface area contributed by atoms with E-state index in [9.17, 15) is 9.50 Å². The van der Waals surface area contributed by atoms with Gasteiger partial charge in [0.25, 0.3) is 0 Å². The highest BCUT2D eigenvalue weighted by atomic mass is 19.1. The number of nitrogens with two attached hydrogens (primary N) is 1. The molecule has 0 aliphatic rings. The average molecular weight is 224 g/mol. The van der Waals surface area contributed by atoms with Crippen molar-refractivity contribution in [3.63, 3.8) is 0 Å². The Hall–Kier alpha value is -2.24. The molecule has 1 heterocycles. The van der Waals surface area contributed by atoms with Crippen molar-refractivity contribution in [2.45, 2.75) is 0 Å². The second-order valence-corrected chi connectivity index (χ2v) is 3.09. The number of hydrogen-bond acceptors (Lipinski definition) is 5. The maximum absolute atomic E-state index is 13.5. The number of nitrogens with zero attached hydrogens (tertiary/aromatic N) is 1. The third-order valence-corrected chi connectivity index (χ3v) is 2.09. The van der Waals surface area contributed by atoms with Crippen molar-refractivity contribution in [2.24, 2.45) is 0 Å². The van der Waals surface area contributed by atoms with Crippen LogP contribution >= 0.6 is 0 Å². The van der Waals surface area contributed by atoms with Crippen molar-refractivity contribution >= 4 is 5.88 Å². The van der Waals surface area contributed by atoms with Crippen molar-refractivity contribution in [3.8, 4) is 22.8 Å². The van der Waals surface area contributed by atoms with E-state index < -0.39 is 5.82 Å². The number of benzene rings is 1. The van der Waals surface area contributed by atoms with E-state index in [-0.39, 0.29) is 28.6 Å². The Kier molecular flexibility index (Phi) is 2.40. The van der Waals surface area contributed by atoms with Gasteiger partial charge in [0, 0.05) is 6.07 Å². The van der Waals surface area contributed by atoms with E-state index in [1.54, 1.807) is 0 Å². The van der Waals surface area contributed by atoms with Crippen molar-refractivity contribution in [1.82, 2.24) is 5.16 Å². The van der Waals surface area contributed by atoms with Gasteiger partial charge in [-0.3, -0.25) is 0 Å². The molecule has 0 unspecified atom stereocenters. The lowest BCUT2D eigenvalue weighted by Gasteiger charge is -2.07. The van der Waals surface area contributed by atoms with E-state index in [2.05, 4.69) is 9.68 Å². The summed E-state index contributed by atoms with van der Waals surface area (Å²) < 4.78 is 23.0. The van der Waals surface area contributed by atoms with Crippen LogP contribution in [0.5, 0.6) is 11.5 Å². The molecule has 0 saturated carbocycles. The summed E-state index contributed by atoms with van der Waals surface area (Å²) in [6.07, 6.45) is 0. The van der Waals surface area contributed by atoms with E-state index in [0.717, 1.165) is 0 Å². The Morgan fingerprint density at radius 1 is 1.50 bits per heavy atom. The third kappa shape index (κ3) is 1.54. The Balaban J connectivity index is 2.63. The Labute approximate surface area is 90.2 Å². The van der Waals surface area contributed by atoms with Gasteiger partial charge in [0.2, 0.25) is 5.88 Å². The van der Waals surface area contributed by atoms with Crippen molar-refractivity contribution in [3.05, 3.63) is 24.0 Å². The van der Waals surface area contributed by atoms with Gasteiger partial charge in [-0.15, -0.1) is 0 Å². The molecule has 16 heavy (non-hydrogen) atoms. The van der Waals surface area contributed by atoms with Crippen LogP contribution in [0.4, 0.5) is 10.3 Å². The van der Waals surface area contributed by atoms with Gasteiger partial charge < -0.3 is 20.1 Å². The predicted molar refractivity (Wildman–Crippen MR) is 54.5 cm³/mol. The van der Waals surface area contributed by atoms with Crippen LogP contribution < -0.4 is 10.5 Å². The predicted octanol–water partition coefficient (Wildman–Crippen LogP) is 1.78. The van der Waals surface area contributed by atoms with Crippen molar-refractivity contribution in [2.75, 3.05) is 12.8 Å². The number of rotatable bonds is 2. The molecule has 84 valence electrons. The molecule has 0 spiro atoms. The van der Waals surface area contributed by atoms with Crippen LogP contribution in [-0.4, -0.2) is 17.4 Å². The lowest BCUT2D eigenvalue weighted by atomic mass is 10.1. The molecule has 0 fully saturated rings. The molecule has 3 N–H and O–H groups in total. The molecule has 0 saturated heterocycles. The minimum atomic E-state index is -0.633. The number of aromatic hydroxyl groups is 1. The Bertz CT molecular complexity index is 525. The molecule has 0 atom stereocenters. The number of ether oxygens (including phenoxy) is 1. The Morgan fingerprint density at radius 2 is 2.25 bits per heavy atom. The monoisotopic (exact) mass is 224 g/mol. The summed E-state index contributed by atoms with van der Waals surface area (Å²) >= 11 is 0. The van der Waals surface area contributed by atoms with E-state index in [1.165, 1.54) is 25.3 Å². The maximum Gasteiger partial charge on any atom is 0.222 e. The molecule has 1 aromatic carbocycles. The minimum Gasteiger partial charge on any atom is -0.504 e. The number of nitrogen functional groups attached to an aromatic ring is 1. The molecule has 2 aromatic rings. The van der Waals surface area contributed by atoms with Gasteiger partial charge in [-0.1, -0.05) is 5.16 Å². The number of aromatic nitrogens is 1. The number of halogens is 1. The largest absolute Gasteiger partial charge is 0.504 e.